The highest BCUT2D eigenvalue weighted by Crippen LogP contribution is 2.50. The molecule has 2 aromatic carbocycles. The molecule has 0 bridgehead atoms. The summed E-state index contributed by atoms with van der Waals surface area (Å²) in [5.74, 6) is 1.04. The number of carbonyl (C=O) groups is 2. The first-order chi connectivity index (χ1) is 16.1. The fourth-order valence-corrected chi connectivity index (χ4v) is 5.19. The first kappa shape index (κ1) is 21.7. The van der Waals surface area contributed by atoms with Gasteiger partial charge in [0, 0.05) is 26.7 Å². The number of carbonyl (C=O) groups excluding carboxylic acids is 2. The Morgan fingerprint density at radius 1 is 1.06 bits per heavy atom. The van der Waals surface area contributed by atoms with E-state index >= 15 is 0 Å². The summed E-state index contributed by atoms with van der Waals surface area (Å²) in [6.45, 7) is 1.79. The number of benzene rings is 2. The van der Waals surface area contributed by atoms with Crippen LogP contribution in [0.5, 0.6) is 5.75 Å². The van der Waals surface area contributed by atoms with Crippen LogP contribution in [0.1, 0.15) is 30.4 Å². The van der Waals surface area contributed by atoms with Gasteiger partial charge in [0.2, 0.25) is 5.91 Å². The molecule has 5 rings (SSSR count). The minimum atomic E-state index is -0.448. The van der Waals surface area contributed by atoms with E-state index in [0.717, 1.165) is 36.1 Å². The van der Waals surface area contributed by atoms with E-state index in [4.69, 9.17) is 9.47 Å². The molecule has 2 amide bonds. The van der Waals surface area contributed by atoms with Crippen molar-refractivity contribution in [2.75, 3.05) is 27.3 Å². The number of rotatable bonds is 7. The Hall–Kier alpha value is -3.12. The Morgan fingerprint density at radius 2 is 1.79 bits per heavy atom. The first-order valence-corrected chi connectivity index (χ1v) is 11.6. The summed E-state index contributed by atoms with van der Waals surface area (Å²) in [7, 11) is 3.23. The number of hydrogen-bond acceptors (Lipinski definition) is 4. The molecule has 2 aromatic rings. The van der Waals surface area contributed by atoms with Crippen LogP contribution < -0.4 is 4.74 Å². The third kappa shape index (κ3) is 3.82. The van der Waals surface area contributed by atoms with Crippen LogP contribution in [0.2, 0.25) is 0 Å². The zero-order valence-electron chi connectivity index (χ0n) is 19.2. The third-order valence-corrected chi connectivity index (χ3v) is 7.31. The summed E-state index contributed by atoms with van der Waals surface area (Å²) >= 11 is 0. The summed E-state index contributed by atoms with van der Waals surface area (Å²) in [4.78, 5) is 29.9. The molecule has 2 atom stereocenters. The van der Waals surface area contributed by atoms with Crippen molar-refractivity contribution in [1.29, 1.82) is 0 Å². The Kier molecular flexibility index (Phi) is 5.71. The van der Waals surface area contributed by atoms with Crippen LogP contribution in [-0.2, 0) is 26.3 Å². The van der Waals surface area contributed by atoms with E-state index in [1.165, 1.54) is 5.57 Å². The zero-order chi connectivity index (χ0) is 23.0. The molecule has 2 aliphatic heterocycles. The molecule has 172 valence electrons. The summed E-state index contributed by atoms with van der Waals surface area (Å²) < 4.78 is 10.8. The largest absolute Gasteiger partial charge is 0.497 e. The number of methoxy groups -OCH3 is 2. The minimum Gasteiger partial charge on any atom is -0.497 e. The predicted molar refractivity (Wildman–Crippen MR) is 125 cm³/mol. The lowest BCUT2D eigenvalue weighted by Crippen LogP contribution is -2.66. The van der Waals surface area contributed by atoms with Crippen molar-refractivity contribution in [3.63, 3.8) is 0 Å². The molecule has 2 heterocycles. The van der Waals surface area contributed by atoms with E-state index in [-0.39, 0.29) is 23.3 Å². The van der Waals surface area contributed by atoms with Gasteiger partial charge in [0.1, 0.15) is 5.75 Å². The Balaban J connectivity index is 1.28. The molecule has 33 heavy (non-hydrogen) atoms. The van der Waals surface area contributed by atoms with Gasteiger partial charge in [-0.3, -0.25) is 9.59 Å². The molecule has 1 aliphatic carbocycles. The number of amides is 2. The maximum Gasteiger partial charge on any atom is 0.255 e. The van der Waals surface area contributed by atoms with Crippen molar-refractivity contribution >= 4 is 11.8 Å². The standard InChI is InChI=1S/C27H30N2O4/c1-32-22-10-8-19(9-11-22)18-29-23(24(33-2)25(29)30)20-12-16-28(17-13-20)26(31)27(14-15-27)21-6-4-3-5-7-21/h3-12,23-24H,13-18H2,1-2H3/t23-,24+/m0/s1. The summed E-state index contributed by atoms with van der Waals surface area (Å²) in [5, 5.41) is 0. The number of nitrogens with zero attached hydrogens (tertiary/aromatic N) is 2. The van der Waals surface area contributed by atoms with Gasteiger partial charge in [-0.1, -0.05) is 48.5 Å². The van der Waals surface area contributed by atoms with Gasteiger partial charge in [0.25, 0.3) is 5.91 Å². The molecule has 0 N–H and O–H groups in total. The van der Waals surface area contributed by atoms with Gasteiger partial charge in [-0.25, -0.2) is 0 Å². The highest BCUT2D eigenvalue weighted by molar-refractivity contribution is 5.92. The van der Waals surface area contributed by atoms with Crippen molar-refractivity contribution < 1.29 is 19.1 Å². The van der Waals surface area contributed by atoms with Crippen LogP contribution in [0, 0.1) is 0 Å². The van der Waals surface area contributed by atoms with Crippen LogP contribution in [-0.4, -0.2) is 61.1 Å². The smallest absolute Gasteiger partial charge is 0.255 e. The van der Waals surface area contributed by atoms with Crippen molar-refractivity contribution in [1.82, 2.24) is 9.80 Å². The molecule has 3 aliphatic rings. The SMILES string of the molecule is COc1ccc(CN2C(=O)[C@H](OC)[C@@H]2C2=CCN(C(=O)C3(c4ccccc4)CC3)CC2)cc1. The molecule has 0 spiro atoms. The average molecular weight is 447 g/mol. The van der Waals surface area contributed by atoms with Crippen molar-refractivity contribution in [3.05, 3.63) is 77.4 Å². The summed E-state index contributed by atoms with van der Waals surface area (Å²) in [6, 6.07) is 17.8. The van der Waals surface area contributed by atoms with Crippen LogP contribution >= 0.6 is 0 Å². The van der Waals surface area contributed by atoms with Crippen LogP contribution in [0.4, 0.5) is 0 Å². The highest BCUT2D eigenvalue weighted by atomic mass is 16.5. The van der Waals surface area contributed by atoms with Gasteiger partial charge in [-0.05, 0) is 48.1 Å². The second kappa shape index (κ2) is 8.67. The number of β-lactam (4-membered cyclic amide) rings is 1. The summed E-state index contributed by atoms with van der Waals surface area (Å²) in [6.07, 6.45) is 4.28. The highest BCUT2D eigenvalue weighted by Gasteiger charge is 2.54. The fraction of sp³-hybridized carbons (Fsp3) is 0.407. The average Bonchev–Trinajstić information content (AvgIpc) is 3.68. The van der Waals surface area contributed by atoms with Gasteiger partial charge < -0.3 is 19.3 Å². The number of hydrogen-bond donors (Lipinski definition) is 0. The molecular formula is C27H30N2O4. The molecule has 0 aromatic heterocycles. The lowest BCUT2D eigenvalue weighted by atomic mass is 9.86. The Morgan fingerprint density at radius 3 is 2.36 bits per heavy atom. The minimum absolute atomic E-state index is 0.0127. The molecule has 1 saturated heterocycles. The fourth-order valence-electron chi connectivity index (χ4n) is 5.19. The van der Waals surface area contributed by atoms with Gasteiger partial charge in [0.05, 0.1) is 18.6 Å². The quantitative estimate of drug-likeness (QED) is 0.484. The molecule has 0 radical (unpaired) electrons. The van der Waals surface area contributed by atoms with Crippen LogP contribution in [0.25, 0.3) is 0 Å². The monoisotopic (exact) mass is 446 g/mol. The molecule has 2 fully saturated rings. The second-order valence-corrected chi connectivity index (χ2v) is 9.14. The molecular weight excluding hydrogens is 416 g/mol. The third-order valence-electron chi connectivity index (χ3n) is 7.31. The van der Waals surface area contributed by atoms with Crippen LogP contribution in [0.15, 0.2) is 66.2 Å². The van der Waals surface area contributed by atoms with Crippen molar-refractivity contribution in [2.24, 2.45) is 0 Å². The van der Waals surface area contributed by atoms with E-state index in [9.17, 15) is 9.59 Å². The summed E-state index contributed by atoms with van der Waals surface area (Å²) in [5.41, 5.74) is 3.02. The van der Waals surface area contributed by atoms with Crippen LogP contribution in [0.3, 0.4) is 0 Å². The number of likely N-dealkylation sites (tertiary alicyclic amines) is 1. The first-order valence-electron chi connectivity index (χ1n) is 11.6. The van der Waals surface area contributed by atoms with Gasteiger partial charge in [0.15, 0.2) is 6.10 Å². The zero-order valence-corrected chi connectivity index (χ0v) is 19.2. The maximum atomic E-state index is 13.4. The molecule has 6 nitrogen and oxygen atoms in total. The van der Waals surface area contributed by atoms with E-state index in [0.29, 0.717) is 19.6 Å². The van der Waals surface area contributed by atoms with Gasteiger partial charge in [-0.15, -0.1) is 0 Å². The van der Waals surface area contributed by atoms with Gasteiger partial charge in [-0.2, -0.15) is 0 Å². The lowest BCUT2D eigenvalue weighted by molar-refractivity contribution is -0.168. The van der Waals surface area contributed by atoms with E-state index in [2.05, 4.69) is 18.2 Å². The number of ether oxygens (including phenoxy) is 2. The maximum absolute atomic E-state index is 13.4. The topological polar surface area (TPSA) is 59.1 Å². The Labute approximate surface area is 194 Å². The molecule has 0 unspecified atom stereocenters. The van der Waals surface area contributed by atoms with E-state index in [1.54, 1.807) is 14.2 Å². The normalized spacial score (nSPS) is 23.6. The second-order valence-electron chi connectivity index (χ2n) is 9.14. The lowest BCUT2D eigenvalue weighted by Gasteiger charge is -2.48. The van der Waals surface area contributed by atoms with E-state index < -0.39 is 6.10 Å². The van der Waals surface area contributed by atoms with Gasteiger partial charge >= 0.3 is 0 Å². The van der Waals surface area contributed by atoms with E-state index in [1.807, 2.05) is 52.3 Å². The molecule has 6 heteroatoms. The molecule has 1 saturated carbocycles. The van der Waals surface area contributed by atoms with Crippen molar-refractivity contribution in [2.45, 2.75) is 43.4 Å². The predicted octanol–water partition coefficient (Wildman–Crippen LogP) is 3.31. The van der Waals surface area contributed by atoms with Crippen molar-refractivity contribution in [3.8, 4) is 5.75 Å². The Bertz CT molecular complexity index is 1060.